The molecule has 0 heterocycles. The Labute approximate surface area is 190 Å². The number of amides is 3. The molecule has 0 aliphatic heterocycles. The van der Waals surface area contributed by atoms with Gasteiger partial charge in [-0.15, -0.1) is 0 Å². The molecule has 2 rings (SSSR count). The number of hydrogen-bond donors (Lipinski definition) is 3. The van der Waals surface area contributed by atoms with E-state index in [-0.39, 0.29) is 35.1 Å². The van der Waals surface area contributed by atoms with Crippen LogP contribution in [0.3, 0.4) is 0 Å². The molecule has 2 aromatic carbocycles. The maximum absolute atomic E-state index is 14.0. The summed E-state index contributed by atoms with van der Waals surface area (Å²) >= 11 is 5.72. The van der Waals surface area contributed by atoms with E-state index in [1.54, 1.807) is 32.9 Å². The van der Waals surface area contributed by atoms with Crippen molar-refractivity contribution in [3.8, 4) is 5.75 Å². The van der Waals surface area contributed by atoms with E-state index < -0.39 is 23.4 Å². The first-order valence-electron chi connectivity index (χ1n) is 9.69. The van der Waals surface area contributed by atoms with Crippen molar-refractivity contribution in [1.82, 2.24) is 5.32 Å². The van der Waals surface area contributed by atoms with Gasteiger partial charge in [0.2, 0.25) is 5.91 Å². The summed E-state index contributed by atoms with van der Waals surface area (Å²) in [6, 6.07) is 8.31. The molecule has 0 spiro atoms. The van der Waals surface area contributed by atoms with E-state index in [9.17, 15) is 18.8 Å². The smallest absolute Gasteiger partial charge is 0.407 e. The Morgan fingerprint density at radius 2 is 1.78 bits per heavy atom. The molecule has 8 nitrogen and oxygen atoms in total. The fourth-order valence-electron chi connectivity index (χ4n) is 2.56. The standard InChI is InChI=1S/C22H25ClFN3O5/c1-22(2,3)32-21(30)25-10-9-19(28)26-14-6-8-18(31-4)17(12-14)27-20(29)15-7-5-13(23)11-16(15)24/h5-8,11-12H,9-10H2,1-4H3,(H,25,30)(H,26,28)(H,27,29). The molecule has 0 aliphatic rings. The Bertz CT molecular complexity index is 1010. The third-order valence-corrected chi connectivity index (χ3v) is 4.16. The molecule has 32 heavy (non-hydrogen) atoms. The number of benzene rings is 2. The summed E-state index contributed by atoms with van der Waals surface area (Å²) in [6.45, 7) is 5.29. The van der Waals surface area contributed by atoms with Gasteiger partial charge in [-0.2, -0.15) is 0 Å². The van der Waals surface area contributed by atoms with E-state index in [4.69, 9.17) is 21.1 Å². The molecule has 172 valence electrons. The van der Waals surface area contributed by atoms with Gasteiger partial charge in [0.25, 0.3) is 5.91 Å². The number of carbonyl (C=O) groups excluding carboxylic acids is 3. The zero-order chi connectivity index (χ0) is 23.9. The zero-order valence-corrected chi connectivity index (χ0v) is 18.9. The van der Waals surface area contributed by atoms with E-state index in [0.717, 1.165) is 6.07 Å². The molecule has 0 fully saturated rings. The average molecular weight is 466 g/mol. The molecule has 0 saturated carbocycles. The molecule has 3 N–H and O–H groups in total. The molecular weight excluding hydrogens is 441 g/mol. The quantitative estimate of drug-likeness (QED) is 0.554. The molecule has 3 amide bonds. The summed E-state index contributed by atoms with van der Waals surface area (Å²) in [5.41, 5.74) is -0.221. The molecule has 0 saturated heterocycles. The van der Waals surface area contributed by atoms with Crippen LogP contribution in [-0.2, 0) is 9.53 Å². The summed E-state index contributed by atoms with van der Waals surface area (Å²) in [5, 5.41) is 7.88. The minimum absolute atomic E-state index is 0.00293. The number of carbonyl (C=O) groups is 3. The highest BCUT2D eigenvalue weighted by Gasteiger charge is 2.17. The van der Waals surface area contributed by atoms with Crippen LogP contribution in [0.1, 0.15) is 37.6 Å². The second-order valence-electron chi connectivity index (χ2n) is 7.72. The van der Waals surface area contributed by atoms with Crippen LogP contribution in [0.15, 0.2) is 36.4 Å². The predicted molar refractivity (Wildman–Crippen MR) is 120 cm³/mol. The maximum atomic E-state index is 14.0. The Balaban J connectivity index is 2.00. The SMILES string of the molecule is COc1ccc(NC(=O)CCNC(=O)OC(C)(C)C)cc1NC(=O)c1ccc(Cl)cc1F. The van der Waals surface area contributed by atoms with Crippen molar-refractivity contribution >= 4 is 40.9 Å². The fraction of sp³-hybridized carbons (Fsp3) is 0.318. The van der Waals surface area contributed by atoms with E-state index in [2.05, 4.69) is 16.0 Å². The molecule has 0 radical (unpaired) electrons. The van der Waals surface area contributed by atoms with Gasteiger partial charge in [0.05, 0.1) is 18.4 Å². The lowest BCUT2D eigenvalue weighted by Crippen LogP contribution is -2.34. The number of ether oxygens (including phenoxy) is 2. The van der Waals surface area contributed by atoms with Crippen molar-refractivity contribution in [2.45, 2.75) is 32.8 Å². The number of anilines is 2. The summed E-state index contributed by atoms with van der Waals surface area (Å²) in [4.78, 5) is 36.3. The highest BCUT2D eigenvalue weighted by atomic mass is 35.5. The Hall–Kier alpha value is -3.33. The Morgan fingerprint density at radius 1 is 1.06 bits per heavy atom. The van der Waals surface area contributed by atoms with Gasteiger partial charge in [0, 0.05) is 23.7 Å². The molecule has 0 bridgehead atoms. The molecule has 2 aromatic rings. The van der Waals surface area contributed by atoms with Gasteiger partial charge in [-0.25, -0.2) is 9.18 Å². The topological polar surface area (TPSA) is 106 Å². The van der Waals surface area contributed by atoms with Crippen molar-refractivity contribution in [3.05, 3.63) is 52.8 Å². The highest BCUT2D eigenvalue weighted by Crippen LogP contribution is 2.29. The van der Waals surface area contributed by atoms with Crippen molar-refractivity contribution in [2.24, 2.45) is 0 Å². The average Bonchev–Trinajstić information content (AvgIpc) is 2.66. The van der Waals surface area contributed by atoms with Crippen LogP contribution in [0.2, 0.25) is 5.02 Å². The molecule has 10 heteroatoms. The van der Waals surface area contributed by atoms with Gasteiger partial charge >= 0.3 is 6.09 Å². The second kappa shape index (κ2) is 10.8. The van der Waals surface area contributed by atoms with E-state index >= 15 is 0 Å². The van der Waals surface area contributed by atoms with Crippen LogP contribution >= 0.6 is 11.6 Å². The summed E-state index contributed by atoms with van der Waals surface area (Å²) in [7, 11) is 1.41. The van der Waals surface area contributed by atoms with Crippen LogP contribution in [0, 0.1) is 5.82 Å². The minimum Gasteiger partial charge on any atom is -0.495 e. The first kappa shape index (κ1) is 24.9. The Morgan fingerprint density at radius 3 is 2.41 bits per heavy atom. The first-order valence-corrected chi connectivity index (χ1v) is 10.1. The van der Waals surface area contributed by atoms with Gasteiger partial charge in [-0.05, 0) is 57.2 Å². The minimum atomic E-state index is -0.768. The molecule has 0 unspecified atom stereocenters. The second-order valence-corrected chi connectivity index (χ2v) is 8.16. The molecular formula is C22H25ClFN3O5. The van der Waals surface area contributed by atoms with Crippen LogP contribution in [0.25, 0.3) is 0 Å². The monoisotopic (exact) mass is 465 g/mol. The fourth-order valence-corrected chi connectivity index (χ4v) is 2.72. The van der Waals surface area contributed by atoms with E-state index in [0.29, 0.717) is 11.4 Å². The van der Waals surface area contributed by atoms with E-state index in [1.807, 2.05) is 0 Å². The van der Waals surface area contributed by atoms with Gasteiger partial charge < -0.3 is 25.4 Å². The van der Waals surface area contributed by atoms with Crippen molar-refractivity contribution < 1.29 is 28.2 Å². The van der Waals surface area contributed by atoms with Crippen LogP contribution in [0.5, 0.6) is 5.75 Å². The third kappa shape index (κ3) is 7.73. The van der Waals surface area contributed by atoms with Crippen LogP contribution in [-0.4, -0.2) is 37.2 Å². The number of alkyl carbamates (subject to hydrolysis) is 1. The van der Waals surface area contributed by atoms with Crippen molar-refractivity contribution in [1.29, 1.82) is 0 Å². The van der Waals surface area contributed by atoms with Crippen molar-refractivity contribution in [3.63, 3.8) is 0 Å². The normalized spacial score (nSPS) is 10.8. The van der Waals surface area contributed by atoms with Crippen molar-refractivity contribution in [2.75, 3.05) is 24.3 Å². The molecule has 0 aromatic heterocycles. The number of methoxy groups -OCH3 is 1. The largest absolute Gasteiger partial charge is 0.495 e. The maximum Gasteiger partial charge on any atom is 0.407 e. The van der Waals surface area contributed by atoms with Crippen LogP contribution in [0.4, 0.5) is 20.6 Å². The first-order chi connectivity index (χ1) is 15.0. The number of halogens is 2. The van der Waals surface area contributed by atoms with Gasteiger partial charge in [0.1, 0.15) is 17.2 Å². The molecule has 0 aliphatic carbocycles. The number of rotatable bonds is 7. The lowest BCUT2D eigenvalue weighted by Gasteiger charge is -2.19. The summed E-state index contributed by atoms with van der Waals surface area (Å²) < 4.78 is 24.3. The van der Waals surface area contributed by atoms with Crippen LogP contribution < -0.4 is 20.7 Å². The van der Waals surface area contributed by atoms with Gasteiger partial charge in [0.15, 0.2) is 0 Å². The number of hydrogen-bond acceptors (Lipinski definition) is 5. The molecule has 0 atom stereocenters. The zero-order valence-electron chi connectivity index (χ0n) is 18.2. The highest BCUT2D eigenvalue weighted by molar-refractivity contribution is 6.30. The summed E-state index contributed by atoms with van der Waals surface area (Å²) in [6.07, 6.45) is -0.614. The summed E-state index contributed by atoms with van der Waals surface area (Å²) in [5.74, 6) is -1.53. The Kier molecular flexibility index (Phi) is 8.42. The number of nitrogens with one attached hydrogen (secondary N) is 3. The van der Waals surface area contributed by atoms with E-state index in [1.165, 1.54) is 25.3 Å². The van der Waals surface area contributed by atoms with Gasteiger partial charge in [-0.1, -0.05) is 11.6 Å². The lowest BCUT2D eigenvalue weighted by molar-refractivity contribution is -0.116. The predicted octanol–water partition coefficient (Wildman–Crippen LogP) is 4.59. The van der Waals surface area contributed by atoms with Gasteiger partial charge in [-0.3, -0.25) is 9.59 Å². The lowest BCUT2D eigenvalue weighted by atomic mass is 10.2. The third-order valence-electron chi connectivity index (χ3n) is 3.93.